The summed E-state index contributed by atoms with van der Waals surface area (Å²) >= 11 is 0. The zero-order chi connectivity index (χ0) is 11.2. The molecule has 1 N–H and O–H groups in total. The van der Waals surface area contributed by atoms with Gasteiger partial charge in [-0.2, -0.15) is 0 Å². The molecule has 2 aliphatic heterocycles. The van der Waals surface area contributed by atoms with Gasteiger partial charge in [0, 0.05) is 30.0 Å². The summed E-state index contributed by atoms with van der Waals surface area (Å²) in [5.74, 6) is 0. The van der Waals surface area contributed by atoms with Gasteiger partial charge in [-0.15, -0.1) is 0 Å². The van der Waals surface area contributed by atoms with E-state index in [0.717, 1.165) is 18.4 Å². The van der Waals surface area contributed by atoms with Crippen molar-refractivity contribution in [1.82, 2.24) is 14.9 Å². The number of aliphatic hydroxyl groups is 1. The summed E-state index contributed by atoms with van der Waals surface area (Å²) < 4.78 is 0. The number of rotatable bonds is 1. The quantitative estimate of drug-likeness (QED) is 0.763. The van der Waals surface area contributed by atoms with Gasteiger partial charge in [0.2, 0.25) is 0 Å². The van der Waals surface area contributed by atoms with E-state index in [1.807, 2.05) is 0 Å². The maximum atomic E-state index is 10.7. The number of fused-ring (bicyclic) bond motifs is 2. The fourth-order valence-electron chi connectivity index (χ4n) is 3.22. The molecular formula is C12H17N3O. The maximum absolute atomic E-state index is 10.7. The van der Waals surface area contributed by atoms with E-state index >= 15 is 0 Å². The molecule has 16 heavy (non-hydrogen) atoms. The molecule has 4 nitrogen and oxygen atoms in total. The van der Waals surface area contributed by atoms with Crippen molar-refractivity contribution >= 4 is 0 Å². The summed E-state index contributed by atoms with van der Waals surface area (Å²) in [6.07, 6.45) is 9.04. The molecule has 0 spiro atoms. The first-order valence-corrected chi connectivity index (χ1v) is 5.89. The summed E-state index contributed by atoms with van der Waals surface area (Å²) in [5, 5.41) is 10.7. The Morgan fingerprint density at radius 1 is 1.25 bits per heavy atom. The predicted molar refractivity (Wildman–Crippen MR) is 59.7 cm³/mol. The Morgan fingerprint density at radius 2 is 1.81 bits per heavy atom. The van der Waals surface area contributed by atoms with E-state index in [0.29, 0.717) is 12.1 Å². The molecule has 2 bridgehead atoms. The lowest BCUT2D eigenvalue weighted by Gasteiger charge is -2.42. The molecule has 86 valence electrons. The summed E-state index contributed by atoms with van der Waals surface area (Å²) in [6.45, 7) is 0. The van der Waals surface area contributed by atoms with E-state index in [9.17, 15) is 5.11 Å². The van der Waals surface area contributed by atoms with Crippen LogP contribution in [0, 0.1) is 0 Å². The van der Waals surface area contributed by atoms with Gasteiger partial charge in [-0.1, -0.05) is 0 Å². The first kappa shape index (κ1) is 10.2. The summed E-state index contributed by atoms with van der Waals surface area (Å²) in [7, 11) is 2.17. The molecule has 3 heterocycles. The van der Waals surface area contributed by atoms with E-state index in [1.54, 1.807) is 12.4 Å². The fourth-order valence-corrected chi connectivity index (χ4v) is 3.22. The maximum Gasteiger partial charge on any atom is 0.115 e. The van der Waals surface area contributed by atoms with E-state index in [4.69, 9.17) is 0 Å². The van der Waals surface area contributed by atoms with Crippen molar-refractivity contribution in [2.45, 2.75) is 43.4 Å². The summed E-state index contributed by atoms with van der Waals surface area (Å²) in [6, 6.07) is 1.04. The van der Waals surface area contributed by atoms with E-state index in [1.165, 1.54) is 19.2 Å². The van der Waals surface area contributed by atoms with Gasteiger partial charge in [0.15, 0.2) is 0 Å². The number of nitrogens with zero attached hydrogens (tertiary/aromatic N) is 3. The average molecular weight is 219 g/mol. The topological polar surface area (TPSA) is 49.2 Å². The van der Waals surface area contributed by atoms with Gasteiger partial charge in [0.25, 0.3) is 0 Å². The van der Waals surface area contributed by atoms with Crippen LogP contribution in [0.4, 0.5) is 0 Å². The molecular weight excluding hydrogens is 202 g/mol. The summed E-state index contributed by atoms with van der Waals surface area (Å²) in [5.41, 5.74) is 0.166. The van der Waals surface area contributed by atoms with Crippen molar-refractivity contribution in [3.05, 3.63) is 24.3 Å². The first-order chi connectivity index (χ1) is 7.69. The van der Waals surface area contributed by atoms with Gasteiger partial charge < -0.3 is 10.0 Å². The first-order valence-electron chi connectivity index (χ1n) is 5.89. The van der Waals surface area contributed by atoms with Crippen LogP contribution in [0.25, 0.3) is 0 Å². The number of hydrogen-bond acceptors (Lipinski definition) is 4. The van der Waals surface area contributed by atoms with Crippen molar-refractivity contribution in [3.63, 3.8) is 0 Å². The summed E-state index contributed by atoms with van der Waals surface area (Å²) in [4.78, 5) is 10.4. The van der Waals surface area contributed by atoms with Gasteiger partial charge in [0.1, 0.15) is 6.33 Å². The third-order valence-electron chi connectivity index (χ3n) is 4.23. The second kappa shape index (κ2) is 3.50. The molecule has 0 aliphatic carbocycles. The smallest absolute Gasteiger partial charge is 0.115 e. The highest BCUT2D eigenvalue weighted by Crippen LogP contribution is 2.44. The van der Waals surface area contributed by atoms with E-state index in [-0.39, 0.29) is 0 Å². The molecule has 0 amide bonds. The van der Waals surface area contributed by atoms with Crippen LogP contribution in [0.15, 0.2) is 18.7 Å². The number of piperidine rings is 1. The molecule has 3 rings (SSSR count). The largest absolute Gasteiger partial charge is 0.385 e. The highest BCUT2D eigenvalue weighted by atomic mass is 16.3. The Bertz CT molecular complexity index is 367. The number of hydrogen-bond donors (Lipinski definition) is 1. The highest BCUT2D eigenvalue weighted by Gasteiger charge is 2.46. The molecule has 1 aromatic heterocycles. The lowest BCUT2D eigenvalue weighted by Crippen LogP contribution is -2.47. The van der Waals surface area contributed by atoms with E-state index < -0.39 is 5.60 Å². The lowest BCUT2D eigenvalue weighted by molar-refractivity contribution is -0.0497. The van der Waals surface area contributed by atoms with Crippen LogP contribution >= 0.6 is 0 Å². The van der Waals surface area contributed by atoms with Crippen molar-refractivity contribution in [3.8, 4) is 0 Å². The monoisotopic (exact) mass is 219 g/mol. The molecule has 4 heteroatoms. The Kier molecular flexibility index (Phi) is 2.23. The molecule has 2 fully saturated rings. The van der Waals surface area contributed by atoms with Crippen molar-refractivity contribution in [2.75, 3.05) is 7.05 Å². The minimum atomic E-state index is -0.709. The SMILES string of the molecule is CN1C2CCC1CC(O)(c1cncnc1)C2. The Morgan fingerprint density at radius 3 is 2.38 bits per heavy atom. The highest BCUT2D eigenvalue weighted by molar-refractivity contribution is 5.18. The molecule has 0 radical (unpaired) electrons. The molecule has 0 saturated carbocycles. The molecule has 1 aromatic rings. The van der Waals surface area contributed by atoms with Crippen LogP contribution in [0.1, 0.15) is 31.2 Å². The van der Waals surface area contributed by atoms with Crippen molar-refractivity contribution in [2.24, 2.45) is 0 Å². The van der Waals surface area contributed by atoms with Gasteiger partial charge in [0.05, 0.1) is 5.60 Å². The zero-order valence-electron chi connectivity index (χ0n) is 9.50. The third-order valence-corrected chi connectivity index (χ3v) is 4.23. The van der Waals surface area contributed by atoms with Gasteiger partial charge in [-0.3, -0.25) is 0 Å². The minimum absolute atomic E-state index is 0.518. The van der Waals surface area contributed by atoms with Crippen LogP contribution in [0.3, 0.4) is 0 Å². The van der Waals surface area contributed by atoms with Crippen LogP contribution in [-0.4, -0.2) is 39.1 Å². The van der Waals surface area contributed by atoms with Gasteiger partial charge in [-0.25, -0.2) is 9.97 Å². The third kappa shape index (κ3) is 1.44. The molecule has 2 saturated heterocycles. The van der Waals surface area contributed by atoms with Crippen LogP contribution in [0.2, 0.25) is 0 Å². The minimum Gasteiger partial charge on any atom is -0.385 e. The Hall–Kier alpha value is -1.00. The van der Waals surface area contributed by atoms with Crippen LogP contribution in [-0.2, 0) is 5.60 Å². The van der Waals surface area contributed by atoms with Crippen molar-refractivity contribution in [1.29, 1.82) is 0 Å². The Balaban J connectivity index is 1.91. The zero-order valence-corrected chi connectivity index (χ0v) is 9.50. The van der Waals surface area contributed by atoms with E-state index in [2.05, 4.69) is 21.9 Å². The van der Waals surface area contributed by atoms with Crippen LogP contribution < -0.4 is 0 Å². The standard InChI is InChI=1S/C12H17N3O/c1-15-10-2-3-11(15)5-12(16,4-10)9-6-13-8-14-7-9/h6-8,10-11,16H,2-5H2,1H3. The van der Waals surface area contributed by atoms with Gasteiger partial charge >= 0.3 is 0 Å². The normalized spacial score (nSPS) is 38.9. The fraction of sp³-hybridized carbons (Fsp3) is 0.667. The molecule has 2 atom stereocenters. The van der Waals surface area contributed by atoms with Crippen LogP contribution in [0.5, 0.6) is 0 Å². The second-order valence-corrected chi connectivity index (χ2v) is 5.12. The molecule has 2 unspecified atom stereocenters. The predicted octanol–water partition coefficient (Wildman–Crippen LogP) is 0.921. The number of aromatic nitrogens is 2. The van der Waals surface area contributed by atoms with Crippen molar-refractivity contribution < 1.29 is 5.11 Å². The average Bonchev–Trinajstić information content (AvgIpc) is 2.54. The lowest BCUT2D eigenvalue weighted by atomic mass is 9.82. The second-order valence-electron chi connectivity index (χ2n) is 5.12. The Labute approximate surface area is 95.3 Å². The molecule has 0 aromatic carbocycles. The molecule has 2 aliphatic rings. The van der Waals surface area contributed by atoms with Gasteiger partial charge in [-0.05, 0) is 32.7 Å².